The zero-order chi connectivity index (χ0) is 21.8. The summed E-state index contributed by atoms with van der Waals surface area (Å²) >= 11 is 0. The van der Waals surface area contributed by atoms with Crippen molar-refractivity contribution in [3.05, 3.63) is 83.4 Å². The fraction of sp³-hybridized carbons (Fsp3) is 0.360. The molecule has 1 unspecified atom stereocenters. The Hall–Kier alpha value is -2.99. The third-order valence-corrected chi connectivity index (χ3v) is 5.89. The van der Waals surface area contributed by atoms with Gasteiger partial charge in [0.1, 0.15) is 5.82 Å². The topological polar surface area (TPSA) is 50.2 Å². The molecular weight excluding hydrogens is 391 g/mol. The first-order valence-corrected chi connectivity index (χ1v) is 11.0. The summed E-state index contributed by atoms with van der Waals surface area (Å²) in [5.41, 5.74) is 3.34. The standard InChI is InChI=1S/C25H29FN4O/c1-18(2)24-22(16-28-30(24)21-12-10-20(26)11-13-21)25(31)27-17-23(29-14-6-7-15-29)19-8-4-3-5-9-19/h3-5,8-13,16,18,23H,6-7,14-15,17H2,1-2H3,(H,27,31). The van der Waals surface area contributed by atoms with Crippen LogP contribution in [0.4, 0.5) is 4.39 Å². The number of carbonyl (C=O) groups excluding carboxylic acids is 1. The number of carbonyl (C=O) groups is 1. The highest BCUT2D eigenvalue weighted by molar-refractivity contribution is 5.95. The number of amides is 1. The van der Waals surface area contributed by atoms with E-state index in [2.05, 4.69) is 27.4 Å². The molecule has 162 valence electrons. The first-order chi connectivity index (χ1) is 15.0. The van der Waals surface area contributed by atoms with Gasteiger partial charge in [0.15, 0.2) is 0 Å². The lowest BCUT2D eigenvalue weighted by Crippen LogP contribution is -2.37. The molecule has 0 saturated carbocycles. The lowest BCUT2D eigenvalue weighted by atomic mass is 10.0. The van der Waals surface area contributed by atoms with Gasteiger partial charge in [-0.3, -0.25) is 9.69 Å². The summed E-state index contributed by atoms with van der Waals surface area (Å²) in [6.07, 6.45) is 4.00. The number of aromatic nitrogens is 2. The molecule has 1 saturated heterocycles. The Labute approximate surface area is 182 Å². The maximum Gasteiger partial charge on any atom is 0.254 e. The normalized spacial score (nSPS) is 15.4. The summed E-state index contributed by atoms with van der Waals surface area (Å²) in [7, 11) is 0. The van der Waals surface area contributed by atoms with Gasteiger partial charge in [0, 0.05) is 6.54 Å². The lowest BCUT2D eigenvalue weighted by Gasteiger charge is -2.28. The second-order valence-corrected chi connectivity index (χ2v) is 8.37. The molecule has 0 radical (unpaired) electrons. The third-order valence-electron chi connectivity index (χ3n) is 5.89. The van der Waals surface area contributed by atoms with Gasteiger partial charge in [-0.2, -0.15) is 5.10 Å². The molecule has 0 spiro atoms. The van der Waals surface area contributed by atoms with E-state index in [9.17, 15) is 9.18 Å². The highest BCUT2D eigenvalue weighted by Gasteiger charge is 2.26. The molecular formula is C25H29FN4O. The summed E-state index contributed by atoms with van der Waals surface area (Å²) in [5.74, 6) is -0.345. The van der Waals surface area contributed by atoms with Crippen LogP contribution in [0.3, 0.4) is 0 Å². The van der Waals surface area contributed by atoms with Crippen molar-refractivity contribution in [2.45, 2.75) is 38.6 Å². The Bertz CT molecular complexity index is 1010. The smallest absolute Gasteiger partial charge is 0.254 e. The highest BCUT2D eigenvalue weighted by Crippen LogP contribution is 2.26. The predicted molar refractivity (Wildman–Crippen MR) is 120 cm³/mol. The van der Waals surface area contributed by atoms with E-state index in [4.69, 9.17) is 0 Å². The van der Waals surface area contributed by atoms with Crippen LogP contribution in [0.25, 0.3) is 5.69 Å². The second kappa shape index (κ2) is 9.43. The fourth-order valence-corrected chi connectivity index (χ4v) is 4.35. The summed E-state index contributed by atoms with van der Waals surface area (Å²) in [6, 6.07) is 16.7. The number of halogens is 1. The van der Waals surface area contributed by atoms with Gasteiger partial charge < -0.3 is 5.32 Å². The van der Waals surface area contributed by atoms with E-state index in [1.165, 1.54) is 30.5 Å². The lowest BCUT2D eigenvalue weighted by molar-refractivity contribution is 0.0936. The van der Waals surface area contributed by atoms with Gasteiger partial charge in [-0.1, -0.05) is 44.2 Å². The maximum absolute atomic E-state index is 13.3. The molecule has 1 fully saturated rings. The Morgan fingerprint density at radius 3 is 2.39 bits per heavy atom. The van der Waals surface area contributed by atoms with E-state index in [-0.39, 0.29) is 23.7 Å². The molecule has 1 aromatic heterocycles. The molecule has 1 atom stereocenters. The average molecular weight is 421 g/mol. The van der Waals surface area contributed by atoms with Crippen molar-refractivity contribution in [2.24, 2.45) is 0 Å². The molecule has 2 heterocycles. The van der Waals surface area contributed by atoms with Crippen molar-refractivity contribution >= 4 is 5.91 Å². The zero-order valence-electron chi connectivity index (χ0n) is 18.1. The molecule has 1 aliphatic rings. The van der Waals surface area contributed by atoms with Crippen LogP contribution in [0.2, 0.25) is 0 Å². The number of nitrogens with one attached hydrogen (secondary N) is 1. The fourth-order valence-electron chi connectivity index (χ4n) is 4.35. The molecule has 0 bridgehead atoms. The Morgan fingerprint density at radius 1 is 1.06 bits per heavy atom. The van der Waals surface area contributed by atoms with Crippen molar-refractivity contribution in [2.75, 3.05) is 19.6 Å². The van der Waals surface area contributed by atoms with Crippen LogP contribution in [0, 0.1) is 5.82 Å². The van der Waals surface area contributed by atoms with Crippen LogP contribution in [0.15, 0.2) is 60.8 Å². The monoisotopic (exact) mass is 420 g/mol. The minimum Gasteiger partial charge on any atom is -0.350 e. The van der Waals surface area contributed by atoms with Crippen molar-refractivity contribution in [1.82, 2.24) is 20.0 Å². The van der Waals surface area contributed by atoms with Crippen LogP contribution in [0.1, 0.15) is 60.3 Å². The van der Waals surface area contributed by atoms with E-state index >= 15 is 0 Å². The number of likely N-dealkylation sites (tertiary alicyclic amines) is 1. The van der Waals surface area contributed by atoms with Crippen LogP contribution in [-0.2, 0) is 0 Å². The van der Waals surface area contributed by atoms with Gasteiger partial charge in [-0.05, 0) is 61.7 Å². The van der Waals surface area contributed by atoms with Crippen LogP contribution in [-0.4, -0.2) is 40.2 Å². The van der Waals surface area contributed by atoms with Crippen molar-refractivity contribution in [3.63, 3.8) is 0 Å². The third kappa shape index (κ3) is 4.69. The molecule has 0 aliphatic carbocycles. The predicted octanol–water partition coefficient (Wildman–Crippen LogP) is 4.70. The van der Waals surface area contributed by atoms with E-state index in [0.29, 0.717) is 12.1 Å². The number of rotatable bonds is 7. The van der Waals surface area contributed by atoms with Crippen molar-refractivity contribution < 1.29 is 9.18 Å². The van der Waals surface area contributed by atoms with Gasteiger partial charge in [0.05, 0.1) is 29.2 Å². The molecule has 2 aromatic carbocycles. The molecule has 31 heavy (non-hydrogen) atoms. The van der Waals surface area contributed by atoms with Gasteiger partial charge in [0.2, 0.25) is 0 Å². The quantitative estimate of drug-likeness (QED) is 0.603. The first-order valence-electron chi connectivity index (χ1n) is 11.0. The van der Waals surface area contributed by atoms with E-state index < -0.39 is 0 Å². The summed E-state index contributed by atoms with van der Waals surface area (Å²) in [4.78, 5) is 15.6. The molecule has 3 aromatic rings. The number of benzene rings is 2. The average Bonchev–Trinajstić information content (AvgIpc) is 3.45. The largest absolute Gasteiger partial charge is 0.350 e. The summed E-state index contributed by atoms with van der Waals surface area (Å²) < 4.78 is 15.1. The Balaban J connectivity index is 1.55. The van der Waals surface area contributed by atoms with Crippen molar-refractivity contribution in [3.8, 4) is 5.69 Å². The van der Waals surface area contributed by atoms with E-state index in [1.54, 1.807) is 23.0 Å². The SMILES string of the molecule is CC(C)c1c(C(=O)NCC(c2ccccc2)N2CCCC2)cnn1-c1ccc(F)cc1. The second-order valence-electron chi connectivity index (χ2n) is 8.37. The molecule has 6 heteroatoms. The van der Waals surface area contributed by atoms with Crippen molar-refractivity contribution in [1.29, 1.82) is 0 Å². The summed E-state index contributed by atoms with van der Waals surface area (Å²) in [6.45, 7) is 6.71. The van der Waals surface area contributed by atoms with Crippen LogP contribution >= 0.6 is 0 Å². The van der Waals surface area contributed by atoms with E-state index in [0.717, 1.165) is 24.5 Å². The molecule has 4 rings (SSSR count). The molecule has 1 amide bonds. The number of hydrogen-bond acceptors (Lipinski definition) is 3. The molecule has 5 nitrogen and oxygen atoms in total. The van der Waals surface area contributed by atoms with Crippen LogP contribution in [0.5, 0.6) is 0 Å². The maximum atomic E-state index is 13.3. The highest BCUT2D eigenvalue weighted by atomic mass is 19.1. The van der Waals surface area contributed by atoms with Crippen LogP contribution < -0.4 is 5.32 Å². The number of hydrogen-bond donors (Lipinski definition) is 1. The molecule has 1 N–H and O–H groups in total. The summed E-state index contributed by atoms with van der Waals surface area (Å²) in [5, 5.41) is 7.59. The molecule has 1 aliphatic heterocycles. The minimum absolute atomic E-state index is 0.0804. The number of nitrogens with zero attached hydrogens (tertiary/aromatic N) is 3. The van der Waals surface area contributed by atoms with Gasteiger partial charge >= 0.3 is 0 Å². The van der Waals surface area contributed by atoms with Gasteiger partial charge in [0.25, 0.3) is 5.91 Å². The van der Waals surface area contributed by atoms with Gasteiger partial charge in [-0.15, -0.1) is 0 Å². The first kappa shape index (κ1) is 21.2. The van der Waals surface area contributed by atoms with Gasteiger partial charge in [-0.25, -0.2) is 9.07 Å². The van der Waals surface area contributed by atoms with E-state index in [1.807, 2.05) is 32.0 Å². The Morgan fingerprint density at radius 2 is 1.74 bits per heavy atom. The Kier molecular flexibility index (Phi) is 6.47. The zero-order valence-corrected chi connectivity index (χ0v) is 18.1. The minimum atomic E-state index is -0.297.